The zero-order valence-corrected chi connectivity index (χ0v) is 8.04. The van der Waals surface area contributed by atoms with Crippen molar-refractivity contribution in [2.24, 2.45) is 0 Å². The minimum absolute atomic E-state index is 0.421. The van der Waals surface area contributed by atoms with Gasteiger partial charge in [0.1, 0.15) is 0 Å². The fourth-order valence-electron chi connectivity index (χ4n) is 0.922. The second-order valence-electron chi connectivity index (χ2n) is 2.41. The summed E-state index contributed by atoms with van der Waals surface area (Å²) in [6, 6.07) is 0. The molecule has 6 heteroatoms. The molecule has 0 aromatic carbocycles. The van der Waals surface area contributed by atoms with E-state index in [0.29, 0.717) is 11.7 Å². The molecule has 13 heavy (non-hydrogen) atoms. The van der Waals surface area contributed by atoms with E-state index in [4.69, 9.17) is 5.11 Å². The minimum Gasteiger partial charge on any atom is -0.488 e. The van der Waals surface area contributed by atoms with Crippen molar-refractivity contribution in [1.29, 1.82) is 0 Å². The predicted molar refractivity (Wildman–Crippen MR) is 49.5 cm³/mol. The quantitative estimate of drug-likeness (QED) is 0.725. The van der Waals surface area contributed by atoms with E-state index in [1.807, 2.05) is 6.92 Å². The molecule has 0 atom stereocenters. The summed E-state index contributed by atoms with van der Waals surface area (Å²) in [4.78, 5) is 11.3. The first kappa shape index (κ1) is 10.0. The lowest BCUT2D eigenvalue weighted by Crippen LogP contribution is -2.23. The molecule has 1 rings (SSSR count). The van der Waals surface area contributed by atoms with Crippen molar-refractivity contribution in [3.8, 4) is 5.88 Å². The molecule has 0 saturated carbocycles. The van der Waals surface area contributed by atoms with Crippen molar-refractivity contribution >= 4 is 11.8 Å². The number of hydrogen-bond acceptors (Lipinski definition) is 5. The molecular formula is C7H10N3O2S. The van der Waals surface area contributed by atoms with Crippen LogP contribution in [0.25, 0.3) is 0 Å². The standard InChI is InChI=1S/C7H10N3O2S/c1-3-4-10-6(12)5(11)8-9-7(10)13-2/h2-4H2,1H3,(H,8,11). The maximum absolute atomic E-state index is 11.3. The Bertz CT molecular complexity index is 350. The lowest BCUT2D eigenvalue weighted by atomic mass is 10.5. The van der Waals surface area contributed by atoms with E-state index in [9.17, 15) is 4.79 Å². The van der Waals surface area contributed by atoms with Gasteiger partial charge in [-0.15, -0.1) is 10.2 Å². The summed E-state index contributed by atoms with van der Waals surface area (Å²) in [5, 5.41) is 16.4. The van der Waals surface area contributed by atoms with Crippen molar-refractivity contribution in [2.75, 3.05) is 0 Å². The molecule has 0 amide bonds. The average Bonchev–Trinajstić information content (AvgIpc) is 2.14. The molecule has 1 heterocycles. The number of thioether (sulfide) groups is 1. The van der Waals surface area contributed by atoms with Gasteiger partial charge in [-0.05, 0) is 6.42 Å². The van der Waals surface area contributed by atoms with Crippen LogP contribution in [0.2, 0.25) is 0 Å². The molecule has 0 bridgehead atoms. The van der Waals surface area contributed by atoms with Crippen LogP contribution < -0.4 is 5.56 Å². The Labute approximate surface area is 79.8 Å². The van der Waals surface area contributed by atoms with Crippen molar-refractivity contribution < 1.29 is 5.11 Å². The molecule has 71 valence electrons. The van der Waals surface area contributed by atoms with Crippen molar-refractivity contribution in [2.45, 2.75) is 25.0 Å². The normalized spacial score (nSPS) is 10.3. The van der Waals surface area contributed by atoms with Crippen LogP contribution in [0.1, 0.15) is 13.3 Å². The Hall–Kier alpha value is -1.04. The fourth-order valence-corrected chi connectivity index (χ4v) is 1.35. The topological polar surface area (TPSA) is 68.0 Å². The van der Waals surface area contributed by atoms with Crippen LogP contribution in [-0.4, -0.2) is 19.9 Å². The lowest BCUT2D eigenvalue weighted by Gasteiger charge is -2.06. The van der Waals surface area contributed by atoms with Crippen LogP contribution in [0.15, 0.2) is 9.95 Å². The Morgan fingerprint density at radius 3 is 2.85 bits per heavy atom. The summed E-state index contributed by atoms with van der Waals surface area (Å²) in [5.74, 6) is -0.564. The first-order valence-electron chi connectivity index (χ1n) is 3.79. The minimum atomic E-state index is -0.564. The van der Waals surface area contributed by atoms with E-state index in [0.717, 1.165) is 18.2 Å². The fraction of sp³-hybridized carbons (Fsp3) is 0.429. The summed E-state index contributed by atoms with van der Waals surface area (Å²) in [6.45, 7) is 2.45. The number of aromatic nitrogens is 3. The van der Waals surface area contributed by atoms with Crippen molar-refractivity contribution in [3.63, 3.8) is 0 Å². The number of aromatic hydroxyl groups is 1. The Balaban J connectivity index is 3.24. The van der Waals surface area contributed by atoms with Gasteiger partial charge in [0.15, 0.2) is 5.16 Å². The molecule has 5 nitrogen and oxygen atoms in total. The molecule has 0 saturated heterocycles. The van der Waals surface area contributed by atoms with Gasteiger partial charge in [-0.1, -0.05) is 18.7 Å². The third-order valence-corrected chi connectivity index (χ3v) is 2.03. The molecule has 0 aliphatic rings. The van der Waals surface area contributed by atoms with Crippen LogP contribution in [0.4, 0.5) is 0 Å². The highest BCUT2D eigenvalue weighted by Crippen LogP contribution is 2.11. The van der Waals surface area contributed by atoms with E-state index >= 15 is 0 Å². The monoisotopic (exact) mass is 200 g/mol. The number of nitrogens with zero attached hydrogens (tertiary/aromatic N) is 3. The van der Waals surface area contributed by atoms with Gasteiger partial charge in [0.25, 0.3) is 5.88 Å². The molecule has 1 aromatic rings. The maximum atomic E-state index is 11.3. The van der Waals surface area contributed by atoms with Gasteiger partial charge < -0.3 is 5.11 Å². The summed E-state index contributed by atoms with van der Waals surface area (Å²) >= 11 is 1.09. The highest BCUT2D eigenvalue weighted by molar-refractivity contribution is 8.00. The van der Waals surface area contributed by atoms with Crippen molar-refractivity contribution in [3.05, 3.63) is 16.6 Å². The lowest BCUT2D eigenvalue weighted by molar-refractivity contribution is 0.406. The second kappa shape index (κ2) is 4.27. The van der Waals surface area contributed by atoms with E-state index in [-0.39, 0.29) is 0 Å². The van der Waals surface area contributed by atoms with Gasteiger partial charge in [-0.2, -0.15) is 0 Å². The van der Waals surface area contributed by atoms with Gasteiger partial charge in [-0.25, -0.2) is 0 Å². The predicted octanol–water partition coefficient (Wildman–Crippen LogP) is 0.638. The number of rotatable bonds is 3. The SMILES string of the molecule is [CH2]Sc1nnc(O)c(=O)n1CCC. The highest BCUT2D eigenvalue weighted by Gasteiger charge is 2.08. The molecule has 0 aliphatic heterocycles. The third-order valence-electron chi connectivity index (χ3n) is 1.47. The van der Waals surface area contributed by atoms with Gasteiger partial charge in [0.05, 0.1) is 0 Å². The summed E-state index contributed by atoms with van der Waals surface area (Å²) in [5.41, 5.74) is -0.511. The molecule has 1 aromatic heterocycles. The van der Waals surface area contributed by atoms with E-state index in [1.165, 1.54) is 4.57 Å². The smallest absolute Gasteiger partial charge is 0.316 e. The van der Waals surface area contributed by atoms with E-state index < -0.39 is 11.4 Å². The molecule has 0 spiro atoms. The van der Waals surface area contributed by atoms with Gasteiger partial charge in [-0.3, -0.25) is 9.36 Å². The first-order chi connectivity index (χ1) is 6.20. The second-order valence-corrected chi connectivity index (χ2v) is 3.06. The zero-order chi connectivity index (χ0) is 9.84. The summed E-state index contributed by atoms with van der Waals surface area (Å²) in [7, 11) is 0. The van der Waals surface area contributed by atoms with Crippen LogP contribution >= 0.6 is 11.8 Å². The van der Waals surface area contributed by atoms with E-state index in [1.54, 1.807) is 0 Å². The van der Waals surface area contributed by atoms with E-state index in [2.05, 4.69) is 16.5 Å². The van der Waals surface area contributed by atoms with Gasteiger partial charge in [0, 0.05) is 12.8 Å². The molecule has 1 N–H and O–H groups in total. The molecule has 0 fully saturated rings. The molecular weight excluding hydrogens is 190 g/mol. The Morgan fingerprint density at radius 2 is 2.31 bits per heavy atom. The van der Waals surface area contributed by atoms with Gasteiger partial charge >= 0.3 is 5.56 Å². The average molecular weight is 200 g/mol. The highest BCUT2D eigenvalue weighted by atomic mass is 32.2. The van der Waals surface area contributed by atoms with Crippen LogP contribution in [0.3, 0.4) is 0 Å². The first-order valence-corrected chi connectivity index (χ1v) is 4.77. The Morgan fingerprint density at radius 1 is 1.62 bits per heavy atom. The summed E-state index contributed by atoms with van der Waals surface area (Å²) in [6.07, 6.45) is 4.33. The Kier molecular flexibility index (Phi) is 3.30. The molecule has 0 unspecified atom stereocenters. The van der Waals surface area contributed by atoms with Crippen LogP contribution in [0, 0.1) is 6.26 Å². The largest absolute Gasteiger partial charge is 0.488 e. The van der Waals surface area contributed by atoms with Gasteiger partial charge in [0.2, 0.25) is 0 Å². The van der Waals surface area contributed by atoms with Crippen molar-refractivity contribution in [1.82, 2.24) is 14.8 Å². The van der Waals surface area contributed by atoms with Crippen LogP contribution in [-0.2, 0) is 6.54 Å². The van der Waals surface area contributed by atoms with Crippen LogP contribution in [0.5, 0.6) is 5.88 Å². The number of hydrogen-bond donors (Lipinski definition) is 1. The maximum Gasteiger partial charge on any atom is 0.316 e. The molecule has 0 aliphatic carbocycles. The summed E-state index contributed by atoms with van der Waals surface area (Å²) < 4.78 is 1.36. The molecule has 1 radical (unpaired) electrons. The zero-order valence-electron chi connectivity index (χ0n) is 7.23. The third kappa shape index (κ3) is 2.00.